The Morgan fingerprint density at radius 1 is 0.912 bits per heavy atom. The number of fused-ring (bicyclic) bond motifs is 1. The predicted octanol–water partition coefficient (Wildman–Crippen LogP) is 3.81. The van der Waals surface area contributed by atoms with Crippen LogP contribution in [-0.4, -0.2) is 56.7 Å². The molecule has 2 aliphatic rings. The maximum Gasteiger partial charge on any atom is 0.213 e. The highest BCUT2D eigenvalue weighted by atomic mass is 19.2. The lowest BCUT2D eigenvalue weighted by Crippen LogP contribution is -2.32. The number of pyridine rings is 2. The maximum atomic E-state index is 13.5. The number of ether oxygens (including phenoxy) is 3. The van der Waals surface area contributed by atoms with Crippen LogP contribution >= 0.6 is 0 Å². The fraction of sp³-hybridized carbons (Fsp3) is 0.250. The van der Waals surface area contributed by atoms with E-state index in [9.17, 15) is 8.78 Å². The number of rotatable bonds is 5. The molecular weight excluding hydrogens is 444 g/mol. The number of H-pyrrole nitrogens is 1. The van der Waals surface area contributed by atoms with Gasteiger partial charge in [-0.1, -0.05) is 0 Å². The number of nitrogens with one attached hydrogen (secondary N) is 1. The highest BCUT2D eigenvalue weighted by Crippen LogP contribution is 2.30. The van der Waals surface area contributed by atoms with Crippen LogP contribution in [0.3, 0.4) is 0 Å². The zero-order valence-electron chi connectivity index (χ0n) is 17.8. The van der Waals surface area contributed by atoms with Gasteiger partial charge in [-0.05, 0) is 42.8 Å². The molecule has 10 heteroatoms. The first-order valence-electron chi connectivity index (χ1n) is 10.8. The molecule has 0 saturated carbocycles. The summed E-state index contributed by atoms with van der Waals surface area (Å²) in [6.07, 6.45) is 4.18. The Morgan fingerprint density at radius 2 is 1.76 bits per heavy atom. The van der Waals surface area contributed by atoms with Crippen molar-refractivity contribution in [3.8, 4) is 39.9 Å². The summed E-state index contributed by atoms with van der Waals surface area (Å²) in [5.74, 6) is -0.622. The zero-order chi connectivity index (χ0) is 23.1. The van der Waals surface area contributed by atoms with Gasteiger partial charge in [0.2, 0.25) is 5.88 Å². The minimum Gasteiger partial charge on any atom is -0.469 e. The summed E-state index contributed by atoms with van der Waals surface area (Å²) in [5, 5.41) is 6.90. The van der Waals surface area contributed by atoms with Crippen LogP contribution < -0.4 is 4.74 Å². The Kier molecular flexibility index (Phi) is 5.23. The molecule has 3 atom stereocenters. The van der Waals surface area contributed by atoms with Gasteiger partial charge in [-0.3, -0.25) is 10.1 Å². The highest BCUT2D eigenvalue weighted by molar-refractivity contribution is 5.64. The molecule has 172 valence electrons. The number of benzene rings is 1. The predicted molar refractivity (Wildman–Crippen MR) is 117 cm³/mol. The molecule has 0 spiro atoms. The van der Waals surface area contributed by atoms with Crippen LogP contribution in [0.2, 0.25) is 0 Å². The van der Waals surface area contributed by atoms with Gasteiger partial charge in [-0.2, -0.15) is 5.10 Å². The summed E-state index contributed by atoms with van der Waals surface area (Å²) in [6.45, 7) is 1.20. The molecule has 0 amide bonds. The van der Waals surface area contributed by atoms with E-state index in [1.165, 1.54) is 6.07 Å². The van der Waals surface area contributed by atoms with E-state index < -0.39 is 11.6 Å². The second kappa shape index (κ2) is 8.54. The van der Waals surface area contributed by atoms with Gasteiger partial charge in [0, 0.05) is 41.8 Å². The smallest absolute Gasteiger partial charge is 0.213 e. The van der Waals surface area contributed by atoms with Crippen molar-refractivity contribution in [1.29, 1.82) is 0 Å². The van der Waals surface area contributed by atoms with Crippen LogP contribution in [0.5, 0.6) is 5.88 Å². The van der Waals surface area contributed by atoms with E-state index in [1.54, 1.807) is 18.5 Å². The summed E-state index contributed by atoms with van der Waals surface area (Å²) in [5.41, 5.74) is 2.63. The number of aromatic nitrogens is 5. The third-order valence-corrected chi connectivity index (χ3v) is 5.92. The van der Waals surface area contributed by atoms with Crippen molar-refractivity contribution >= 4 is 0 Å². The standard InChI is InChI=1S/C24H19F2N5O3/c25-16-4-1-13(9-17(16)26)23-29-24(31-30-23)15-2-5-18(27-11-15)14-3-6-21(28-10-14)34-20-12-33-19-7-8-32-22(19)20/h1-6,9-11,19-20,22H,7-8,12H2,(H,29,30,31)/t19-,20+,22+/m1/s1. The van der Waals surface area contributed by atoms with Gasteiger partial charge in [0.1, 0.15) is 6.10 Å². The summed E-state index contributed by atoms with van der Waals surface area (Å²) < 4.78 is 44.1. The van der Waals surface area contributed by atoms with Gasteiger partial charge in [-0.25, -0.2) is 18.7 Å². The average molecular weight is 463 g/mol. The molecule has 34 heavy (non-hydrogen) atoms. The Hall–Kier alpha value is -3.76. The molecule has 4 aromatic rings. The van der Waals surface area contributed by atoms with E-state index in [0.29, 0.717) is 41.9 Å². The van der Waals surface area contributed by atoms with Crippen molar-refractivity contribution in [1.82, 2.24) is 25.1 Å². The van der Waals surface area contributed by atoms with Gasteiger partial charge < -0.3 is 14.2 Å². The fourth-order valence-corrected chi connectivity index (χ4v) is 4.15. The Balaban J connectivity index is 1.15. The van der Waals surface area contributed by atoms with E-state index in [4.69, 9.17) is 14.2 Å². The molecular formula is C24H19F2N5O3. The third-order valence-electron chi connectivity index (χ3n) is 5.92. The molecule has 0 unspecified atom stereocenters. The van der Waals surface area contributed by atoms with E-state index >= 15 is 0 Å². The molecule has 2 fully saturated rings. The van der Waals surface area contributed by atoms with E-state index in [2.05, 4.69) is 25.1 Å². The highest BCUT2D eigenvalue weighted by Gasteiger charge is 2.43. The molecule has 3 aromatic heterocycles. The molecule has 8 nitrogen and oxygen atoms in total. The maximum absolute atomic E-state index is 13.5. The number of nitrogens with zero attached hydrogens (tertiary/aromatic N) is 4. The Labute approximate surface area is 193 Å². The average Bonchev–Trinajstić information content (AvgIpc) is 3.61. The second-order valence-corrected chi connectivity index (χ2v) is 8.11. The monoisotopic (exact) mass is 463 g/mol. The van der Waals surface area contributed by atoms with Gasteiger partial charge in [0.05, 0.1) is 18.4 Å². The summed E-state index contributed by atoms with van der Waals surface area (Å²) in [4.78, 5) is 13.3. The summed E-state index contributed by atoms with van der Waals surface area (Å²) in [7, 11) is 0. The summed E-state index contributed by atoms with van der Waals surface area (Å²) >= 11 is 0. The molecule has 2 aliphatic heterocycles. The molecule has 1 N–H and O–H groups in total. The number of hydrogen-bond donors (Lipinski definition) is 1. The Bertz CT molecular complexity index is 1310. The van der Waals surface area contributed by atoms with Crippen LogP contribution in [0, 0.1) is 11.6 Å². The number of hydrogen-bond acceptors (Lipinski definition) is 7. The Morgan fingerprint density at radius 3 is 2.56 bits per heavy atom. The minimum absolute atomic E-state index is 0.0334. The van der Waals surface area contributed by atoms with E-state index in [1.807, 2.05) is 18.2 Å². The van der Waals surface area contributed by atoms with Crippen molar-refractivity contribution < 1.29 is 23.0 Å². The van der Waals surface area contributed by atoms with Crippen LogP contribution in [0.4, 0.5) is 8.78 Å². The fourth-order valence-electron chi connectivity index (χ4n) is 4.15. The zero-order valence-corrected chi connectivity index (χ0v) is 17.8. The quantitative estimate of drug-likeness (QED) is 0.481. The van der Waals surface area contributed by atoms with Crippen LogP contribution in [0.25, 0.3) is 34.0 Å². The second-order valence-electron chi connectivity index (χ2n) is 8.11. The first-order valence-corrected chi connectivity index (χ1v) is 10.8. The van der Waals surface area contributed by atoms with Gasteiger partial charge in [0.15, 0.2) is 29.4 Å². The molecule has 0 bridgehead atoms. The van der Waals surface area contributed by atoms with Crippen molar-refractivity contribution in [2.75, 3.05) is 13.2 Å². The molecule has 1 aromatic carbocycles. The lowest BCUT2D eigenvalue weighted by Gasteiger charge is -2.17. The van der Waals surface area contributed by atoms with E-state index in [-0.39, 0.29) is 18.3 Å². The van der Waals surface area contributed by atoms with Gasteiger partial charge in [0.25, 0.3) is 0 Å². The van der Waals surface area contributed by atoms with Crippen LogP contribution in [-0.2, 0) is 9.47 Å². The molecule has 0 aliphatic carbocycles. The molecule has 2 saturated heterocycles. The molecule has 5 heterocycles. The van der Waals surface area contributed by atoms with Gasteiger partial charge in [-0.15, -0.1) is 0 Å². The van der Waals surface area contributed by atoms with Crippen molar-refractivity contribution in [3.63, 3.8) is 0 Å². The van der Waals surface area contributed by atoms with Crippen molar-refractivity contribution in [2.45, 2.75) is 24.7 Å². The number of halogens is 2. The number of aromatic amines is 1. The van der Waals surface area contributed by atoms with Crippen LogP contribution in [0.1, 0.15) is 6.42 Å². The van der Waals surface area contributed by atoms with Crippen molar-refractivity contribution in [2.24, 2.45) is 0 Å². The molecule has 6 rings (SSSR count). The first kappa shape index (κ1) is 20.8. The third kappa shape index (κ3) is 3.91. The lowest BCUT2D eigenvalue weighted by molar-refractivity contribution is 0.0289. The lowest BCUT2D eigenvalue weighted by atomic mass is 10.1. The van der Waals surface area contributed by atoms with Crippen LogP contribution in [0.15, 0.2) is 54.9 Å². The van der Waals surface area contributed by atoms with Crippen molar-refractivity contribution in [3.05, 3.63) is 66.5 Å². The largest absolute Gasteiger partial charge is 0.469 e. The SMILES string of the molecule is Fc1ccc(-c2nc(-c3ccc(-c4ccc(O[C@H]5CO[C@@H]6CCO[C@H]56)nc4)nc3)n[nH]2)cc1F. The minimum atomic E-state index is -0.945. The molecule has 0 radical (unpaired) electrons. The summed E-state index contributed by atoms with van der Waals surface area (Å²) in [6, 6.07) is 10.9. The topological polar surface area (TPSA) is 95.0 Å². The normalized spacial score (nSPS) is 21.5. The first-order chi connectivity index (χ1) is 16.6. The van der Waals surface area contributed by atoms with E-state index in [0.717, 1.165) is 29.8 Å². The van der Waals surface area contributed by atoms with Gasteiger partial charge >= 0.3 is 0 Å².